The lowest BCUT2D eigenvalue weighted by molar-refractivity contribution is 0.102. The number of amides is 1. The van der Waals surface area contributed by atoms with Gasteiger partial charge in [0.25, 0.3) is 5.91 Å². The maximum Gasteiger partial charge on any atom is 0.273 e. The summed E-state index contributed by atoms with van der Waals surface area (Å²) in [7, 11) is 1.83. The molecular weight excluding hydrogens is 349 g/mol. The van der Waals surface area contributed by atoms with Crippen molar-refractivity contribution < 1.29 is 4.79 Å². The molecule has 1 amide bonds. The number of anilines is 1. The smallest absolute Gasteiger partial charge is 0.273 e. The molecule has 0 radical (unpaired) electrons. The Morgan fingerprint density at radius 1 is 1.25 bits per heavy atom. The lowest BCUT2D eigenvalue weighted by Crippen LogP contribution is -2.13. The average Bonchev–Trinajstić information content (AvgIpc) is 3.08. The summed E-state index contributed by atoms with van der Waals surface area (Å²) in [5.74, 6) is -0.293. The van der Waals surface area contributed by atoms with Crippen molar-refractivity contribution in [3.05, 3.63) is 51.4 Å². The number of aryl methyl sites for hydroxylation is 2. The largest absolute Gasteiger partial charge is 0.318 e. The second-order valence-corrected chi connectivity index (χ2v) is 6.26. The molecule has 24 heavy (non-hydrogen) atoms. The Hall–Kier alpha value is -2.31. The zero-order valence-corrected chi connectivity index (χ0v) is 14.8. The summed E-state index contributed by atoms with van der Waals surface area (Å²) in [4.78, 5) is 12.4. The van der Waals surface area contributed by atoms with Crippen LogP contribution in [0.25, 0.3) is 11.3 Å². The van der Waals surface area contributed by atoms with E-state index in [-0.39, 0.29) is 5.91 Å². The molecule has 2 heterocycles. The molecule has 3 rings (SSSR count). The Morgan fingerprint density at radius 2 is 2.00 bits per heavy atom. The number of H-pyrrole nitrogens is 1. The minimum absolute atomic E-state index is 0.293. The fourth-order valence-electron chi connectivity index (χ4n) is 2.41. The van der Waals surface area contributed by atoms with Crippen molar-refractivity contribution in [1.82, 2.24) is 20.0 Å². The van der Waals surface area contributed by atoms with E-state index >= 15 is 0 Å². The van der Waals surface area contributed by atoms with Crippen LogP contribution in [-0.4, -0.2) is 25.9 Å². The van der Waals surface area contributed by atoms with Crippen molar-refractivity contribution >= 4 is 34.8 Å². The molecule has 2 aromatic heterocycles. The minimum Gasteiger partial charge on any atom is -0.318 e. The number of aromatic nitrogens is 4. The highest BCUT2D eigenvalue weighted by Gasteiger charge is 2.17. The molecule has 0 bridgehead atoms. The topological polar surface area (TPSA) is 75.6 Å². The van der Waals surface area contributed by atoms with Crippen LogP contribution in [0, 0.1) is 13.8 Å². The van der Waals surface area contributed by atoms with E-state index < -0.39 is 0 Å². The molecule has 2 N–H and O–H groups in total. The molecule has 0 aliphatic carbocycles. The number of benzene rings is 1. The van der Waals surface area contributed by atoms with Gasteiger partial charge < -0.3 is 5.32 Å². The normalized spacial score (nSPS) is 10.9. The van der Waals surface area contributed by atoms with Crippen molar-refractivity contribution in [3.8, 4) is 11.3 Å². The lowest BCUT2D eigenvalue weighted by atomic mass is 10.1. The monoisotopic (exact) mass is 363 g/mol. The van der Waals surface area contributed by atoms with Crippen molar-refractivity contribution in [2.45, 2.75) is 13.8 Å². The predicted octanol–water partition coefficient (Wildman–Crippen LogP) is 3.99. The number of carbonyl (C=O) groups excluding carboxylic acids is 1. The zero-order valence-electron chi connectivity index (χ0n) is 13.3. The van der Waals surface area contributed by atoms with Crippen molar-refractivity contribution in [2.24, 2.45) is 7.05 Å². The van der Waals surface area contributed by atoms with Gasteiger partial charge in [0.1, 0.15) is 5.69 Å². The summed E-state index contributed by atoms with van der Waals surface area (Å²) in [6.07, 6.45) is 0. The molecule has 0 unspecified atom stereocenters. The molecule has 0 aliphatic heterocycles. The Bertz CT molecular complexity index is 929. The van der Waals surface area contributed by atoms with Crippen LogP contribution in [0.3, 0.4) is 0 Å². The number of carbonyl (C=O) groups is 1. The first kappa shape index (κ1) is 16.5. The molecule has 0 aliphatic rings. The molecule has 3 aromatic rings. The van der Waals surface area contributed by atoms with E-state index in [1.54, 1.807) is 28.9 Å². The van der Waals surface area contributed by atoms with Crippen LogP contribution in [0.15, 0.2) is 24.3 Å². The molecule has 0 atom stereocenters. The van der Waals surface area contributed by atoms with Gasteiger partial charge in [0.15, 0.2) is 0 Å². The van der Waals surface area contributed by atoms with Crippen LogP contribution >= 0.6 is 23.2 Å². The van der Waals surface area contributed by atoms with E-state index in [0.717, 1.165) is 11.4 Å². The van der Waals surface area contributed by atoms with E-state index in [1.165, 1.54) is 0 Å². The van der Waals surface area contributed by atoms with Gasteiger partial charge in [-0.25, -0.2) is 0 Å². The third-order valence-electron chi connectivity index (χ3n) is 3.78. The summed E-state index contributed by atoms with van der Waals surface area (Å²) in [6.45, 7) is 3.73. The highest BCUT2D eigenvalue weighted by molar-refractivity contribution is 6.36. The third-order valence-corrected chi connectivity index (χ3v) is 4.32. The van der Waals surface area contributed by atoms with Gasteiger partial charge in [-0.1, -0.05) is 23.2 Å². The summed E-state index contributed by atoms with van der Waals surface area (Å²) >= 11 is 12.1. The first-order valence-electron chi connectivity index (χ1n) is 7.19. The number of nitrogens with one attached hydrogen (secondary N) is 2. The van der Waals surface area contributed by atoms with E-state index in [9.17, 15) is 4.79 Å². The first-order valence-corrected chi connectivity index (χ1v) is 7.95. The summed E-state index contributed by atoms with van der Waals surface area (Å²) in [6, 6.07) is 6.76. The molecule has 0 spiro atoms. The van der Waals surface area contributed by atoms with Gasteiger partial charge in [0.2, 0.25) is 0 Å². The summed E-state index contributed by atoms with van der Waals surface area (Å²) < 4.78 is 1.72. The minimum atomic E-state index is -0.293. The van der Waals surface area contributed by atoms with Gasteiger partial charge in [-0.3, -0.25) is 14.6 Å². The fourth-order valence-corrected chi connectivity index (χ4v) is 2.91. The van der Waals surface area contributed by atoms with Crippen LogP contribution in [0.4, 0.5) is 5.69 Å². The SMILES string of the molecule is Cc1nn(C)c(C)c1NC(=O)c1cc(-c2ccc(Cl)cc2Cl)n[nH]1. The second kappa shape index (κ2) is 6.30. The summed E-state index contributed by atoms with van der Waals surface area (Å²) in [5.41, 5.74) is 3.93. The maximum absolute atomic E-state index is 12.4. The van der Waals surface area contributed by atoms with Gasteiger partial charge in [-0.15, -0.1) is 0 Å². The van der Waals surface area contributed by atoms with Crippen LogP contribution in [0.1, 0.15) is 21.9 Å². The number of rotatable bonds is 3. The number of nitrogens with zero attached hydrogens (tertiary/aromatic N) is 3. The standard InChI is InChI=1S/C16H15Cl2N5O/c1-8-15(9(2)23(3)22-8)19-16(24)14-7-13(20-21-14)11-5-4-10(17)6-12(11)18/h4-7H,1-3H3,(H,19,24)(H,20,21). The number of aromatic amines is 1. The Morgan fingerprint density at radius 3 is 2.62 bits per heavy atom. The molecule has 124 valence electrons. The van der Waals surface area contributed by atoms with Crippen molar-refractivity contribution in [2.75, 3.05) is 5.32 Å². The van der Waals surface area contributed by atoms with Gasteiger partial charge in [-0.2, -0.15) is 10.2 Å². The third kappa shape index (κ3) is 3.02. The van der Waals surface area contributed by atoms with Crippen LogP contribution < -0.4 is 5.32 Å². The van der Waals surface area contributed by atoms with Crippen molar-refractivity contribution in [3.63, 3.8) is 0 Å². The van der Waals surface area contributed by atoms with Crippen LogP contribution in [0.2, 0.25) is 10.0 Å². The van der Waals surface area contributed by atoms with Gasteiger partial charge in [0, 0.05) is 17.6 Å². The van der Waals surface area contributed by atoms with Gasteiger partial charge in [0.05, 0.1) is 27.8 Å². The predicted molar refractivity (Wildman–Crippen MR) is 94.7 cm³/mol. The van der Waals surface area contributed by atoms with Gasteiger partial charge in [-0.05, 0) is 38.1 Å². The zero-order chi connectivity index (χ0) is 17.4. The van der Waals surface area contributed by atoms with E-state index in [2.05, 4.69) is 20.6 Å². The number of halogens is 2. The van der Waals surface area contributed by atoms with E-state index in [1.807, 2.05) is 20.9 Å². The Kier molecular flexibility index (Phi) is 4.34. The Labute approximate surface area is 148 Å². The van der Waals surface area contributed by atoms with E-state index in [0.29, 0.717) is 32.7 Å². The highest BCUT2D eigenvalue weighted by atomic mass is 35.5. The average molecular weight is 364 g/mol. The number of hydrogen-bond donors (Lipinski definition) is 2. The molecule has 1 aromatic carbocycles. The molecule has 0 saturated heterocycles. The summed E-state index contributed by atoms with van der Waals surface area (Å²) in [5, 5.41) is 15.0. The van der Waals surface area contributed by atoms with Gasteiger partial charge >= 0.3 is 0 Å². The van der Waals surface area contributed by atoms with Crippen LogP contribution in [-0.2, 0) is 7.05 Å². The molecule has 0 saturated carbocycles. The van der Waals surface area contributed by atoms with E-state index in [4.69, 9.17) is 23.2 Å². The first-order chi connectivity index (χ1) is 11.4. The Balaban J connectivity index is 1.86. The molecule has 0 fully saturated rings. The molecular formula is C16H15Cl2N5O. The quantitative estimate of drug-likeness (QED) is 0.738. The van der Waals surface area contributed by atoms with Crippen molar-refractivity contribution in [1.29, 1.82) is 0 Å². The lowest BCUT2D eigenvalue weighted by Gasteiger charge is -2.03. The fraction of sp³-hybridized carbons (Fsp3) is 0.188. The highest BCUT2D eigenvalue weighted by Crippen LogP contribution is 2.29. The van der Waals surface area contributed by atoms with Crippen LogP contribution in [0.5, 0.6) is 0 Å². The second-order valence-electron chi connectivity index (χ2n) is 5.41. The molecule has 8 heteroatoms. The molecule has 6 nitrogen and oxygen atoms in total. The maximum atomic E-state index is 12.4. The number of hydrogen-bond acceptors (Lipinski definition) is 3.